The van der Waals surface area contributed by atoms with Crippen molar-refractivity contribution < 1.29 is 32.3 Å². The van der Waals surface area contributed by atoms with E-state index in [1.807, 2.05) is 0 Å². The average Bonchev–Trinajstić information content (AvgIpc) is 3.33. The number of hydrogen-bond acceptors (Lipinski definition) is 8. The fourth-order valence-corrected chi connectivity index (χ4v) is 3.84. The second kappa shape index (κ2) is 11.0. The Balaban J connectivity index is 1.30. The smallest absolute Gasteiger partial charge is 0.278 e. The number of hydrogen-bond donors (Lipinski definition) is 2. The molecule has 0 radical (unpaired) electrons. The van der Waals surface area contributed by atoms with Crippen LogP contribution in [-0.2, 0) is 4.74 Å². The van der Waals surface area contributed by atoms with Gasteiger partial charge >= 0.3 is 0 Å². The first-order chi connectivity index (χ1) is 18.4. The van der Waals surface area contributed by atoms with Gasteiger partial charge in [-0.1, -0.05) is 11.8 Å². The normalized spacial score (nSPS) is 13.0. The van der Waals surface area contributed by atoms with Crippen LogP contribution in [0, 0.1) is 11.6 Å². The average molecular weight is 539 g/mol. The minimum absolute atomic E-state index is 0.0299. The van der Waals surface area contributed by atoms with Crippen LogP contribution >= 0.6 is 11.8 Å². The minimum atomic E-state index is -0.749. The molecule has 1 saturated heterocycles. The fourth-order valence-electron chi connectivity index (χ4n) is 3.49. The summed E-state index contributed by atoms with van der Waals surface area (Å²) in [6.45, 7) is 0.887. The summed E-state index contributed by atoms with van der Waals surface area (Å²) in [7, 11) is 0. The van der Waals surface area contributed by atoms with Gasteiger partial charge in [0.15, 0.2) is 23.0 Å². The lowest BCUT2D eigenvalue weighted by molar-refractivity contribution is -0.00355. The predicted molar refractivity (Wildman–Crippen MR) is 134 cm³/mol. The van der Waals surface area contributed by atoms with Crippen LogP contribution in [0.15, 0.2) is 70.4 Å². The third-order valence-corrected chi connectivity index (χ3v) is 5.98. The Morgan fingerprint density at radius 2 is 1.84 bits per heavy atom. The number of anilines is 1. The molecule has 3 heterocycles. The summed E-state index contributed by atoms with van der Waals surface area (Å²) in [4.78, 5) is 33.5. The number of pyridine rings is 1. The number of aromatic nitrogens is 2. The third-order valence-electron chi connectivity index (χ3n) is 5.46. The lowest BCUT2D eigenvalue weighted by atomic mass is 10.1. The highest BCUT2D eigenvalue weighted by atomic mass is 32.2. The van der Waals surface area contributed by atoms with Crippen molar-refractivity contribution in [1.82, 2.24) is 15.3 Å². The van der Waals surface area contributed by atoms with E-state index in [2.05, 4.69) is 20.6 Å². The summed E-state index contributed by atoms with van der Waals surface area (Å²) in [5, 5.41) is 5.61. The number of carbonyl (C=O) groups excluding carboxylic acids is 2. The highest BCUT2D eigenvalue weighted by Gasteiger charge is 2.23. The number of oxazole rings is 1. The maximum Gasteiger partial charge on any atom is 0.278 e. The fraction of sp³-hybridized carbons (Fsp3) is 0.154. The minimum Gasteiger partial charge on any atom is -0.454 e. The topological polar surface area (TPSA) is 116 Å². The second-order valence-electron chi connectivity index (χ2n) is 8.15. The van der Waals surface area contributed by atoms with Crippen molar-refractivity contribution in [2.24, 2.45) is 0 Å². The molecular weight excluding hydrogens is 518 g/mol. The zero-order valence-electron chi connectivity index (χ0n) is 19.9. The molecule has 1 fully saturated rings. The zero-order valence-corrected chi connectivity index (χ0v) is 20.7. The van der Waals surface area contributed by atoms with Gasteiger partial charge in [-0.3, -0.25) is 14.6 Å². The highest BCUT2D eigenvalue weighted by molar-refractivity contribution is 7.98. The van der Waals surface area contributed by atoms with Gasteiger partial charge in [0.05, 0.1) is 19.3 Å². The maximum absolute atomic E-state index is 14.9. The lowest BCUT2D eigenvalue weighted by Crippen LogP contribution is -2.48. The summed E-state index contributed by atoms with van der Waals surface area (Å²) >= 11 is 1.20. The predicted octanol–water partition coefficient (Wildman–Crippen LogP) is 4.91. The largest absolute Gasteiger partial charge is 0.454 e. The SMILES string of the molecule is CSc1nc(C(=O)Nc2ccc(Oc3ccnc(C(=O)NC4COC4)c3)c(F)c2)c(-c2ccc(F)cc2)o1. The van der Waals surface area contributed by atoms with Crippen LogP contribution in [-0.4, -0.2) is 47.3 Å². The molecule has 38 heavy (non-hydrogen) atoms. The van der Waals surface area contributed by atoms with Gasteiger partial charge in [-0.05, 0) is 48.7 Å². The quantitative estimate of drug-likeness (QED) is 0.304. The summed E-state index contributed by atoms with van der Waals surface area (Å²) < 4.78 is 44.5. The number of rotatable bonds is 8. The van der Waals surface area contributed by atoms with E-state index in [-0.39, 0.29) is 51.5 Å². The van der Waals surface area contributed by atoms with Crippen molar-refractivity contribution >= 4 is 29.3 Å². The number of amides is 2. The molecule has 4 aromatic rings. The second-order valence-corrected chi connectivity index (χ2v) is 8.91. The number of thioether (sulfide) groups is 1. The number of nitrogens with one attached hydrogen (secondary N) is 2. The van der Waals surface area contributed by atoms with E-state index < -0.39 is 17.5 Å². The van der Waals surface area contributed by atoms with Gasteiger partial charge in [0.2, 0.25) is 0 Å². The molecule has 9 nitrogen and oxygen atoms in total. The summed E-state index contributed by atoms with van der Waals surface area (Å²) in [5.74, 6) is -1.96. The van der Waals surface area contributed by atoms with E-state index in [1.54, 1.807) is 6.26 Å². The molecule has 1 aliphatic heterocycles. The van der Waals surface area contributed by atoms with Gasteiger partial charge in [-0.2, -0.15) is 4.98 Å². The van der Waals surface area contributed by atoms with Crippen molar-refractivity contribution in [3.05, 3.63) is 83.8 Å². The van der Waals surface area contributed by atoms with E-state index in [0.717, 1.165) is 6.07 Å². The molecule has 12 heteroatoms. The number of carbonyl (C=O) groups is 2. The van der Waals surface area contributed by atoms with Crippen molar-refractivity contribution in [1.29, 1.82) is 0 Å². The molecule has 194 valence electrons. The molecule has 0 aliphatic carbocycles. The number of halogens is 2. The van der Waals surface area contributed by atoms with Crippen molar-refractivity contribution in [2.75, 3.05) is 24.8 Å². The van der Waals surface area contributed by atoms with Crippen LogP contribution < -0.4 is 15.4 Å². The molecule has 0 saturated carbocycles. The van der Waals surface area contributed by atoms with Gasteiger partial charge in [-0.15, -0.1) is 0 Å². The number of benzene rings is 2. The molecule has 1 aliphatic rings. The van der Waals surface area contributed by atoms with Gasteiger partial charge in [0.25, 0.3) is 17.0 Å². The van der Waals surface area contributed by atoms with Crippen LogP contribution in [0.4, 0.5) is 14.5 Å². The summed E-state index contributed by atoms with van der Waals surface area (Å²) in [5.41, 5.74) is 0.701. The summed E-state index contributed by atoms with van der Waals surface area (Å²) in [6, 6.07) is 12.1. The Bertz CT molecular complexity index is 1490. The van der Waals surface area contributed by atoms with Crippen molar-refractivity contribution in [3.63, 3.8) is 0 Å². The van der Waals surface area contributed by atoms with E-state index in [1.165, 1.54) is 66.5 Å². The number of ether oxygens (including phenoxy) is 2. The molecule has 5 rings (SSSR count). The third kappa shape index (κ3) is 5.66. The van der Waals surface area contributed by atoms with Gasteiger partial charge in [0, 0.05) is 29.6 Å². The molecule has 0 spiro atoms. The van der Waals surface area contributed by atoms with Crippen LogP contribution in [0.2, 0.25) is 0 Å². The van der Waals surface area contributed by atoms with Crippen LogP contribution in [0.1, 0.15) is 21.0 Å². The first kappa shape index (κ1) is 25.4. The maximum atomic E-state index is 14.9. The Hall–Kier alpha value is -4.29. The molecule has 2 N–H and O–H groups in total. The zero-order chi connectivity index (χ0) is 26.6. The Morgan fingerprint density at radius 3 is 2.53 bits per heavy atom. The molecule has 2 amide bonds. The Kier molecular flexibility index (Phi) is 7.33. The first-order valence-electron chi connectivity index (χ1n) is 11.3. The molecular formula is C26H20F2N4O5S. The van der Waals surface area contributed by atoms with Gasteiger partial charge in [0.1, 0.15) is 17.3 Å². The van der Waals surface area contributed by atoms with Gasteiger partial charge in [-0.25, -0.2) is 8.78 Å². The Morgan fingerprint density at radius 1 is 1.05 bits per heavy atom. The highest BCUT2D eigenvalue weighted by Crippen LogP contribution is 2.31. The van der Waals surface area contributed by atoms with Crippen LogP contribution in [0.3, 0.4) is 0 Å². The molecule has 2 aromatic heterocycles. The molecule has 2 aromatic carbocycles. The first-order valence-corrected chi connectivity index (χ1v) is 12.6. The summed E-state index contributed by atoms with van der Waals surface area (Å²) in [6.07, 6.45) is 3.12. The van der Waals surface area contributed by atoms with Crippen LogP contribution in [0.5, 0.6) is 11.5 Å². The van der Waals surface area contributed by atoms with E-state index in [9.17, 15) is 18.4 Å². The molecule has 0 atom stereocenters. The Labute approximate surface area is 219 Å². The van der Waals surface area contributed by atoms with E-state index in [0.29, 0.717) is 18.8 Å². The number of nitrogens with zero attached hydrogens (tertiary/aromatic N) is 2. The lowest BCUT2D eigenvalue weighted by Gasteiger charge is -2.26. The molecule has 0 unspecified atom stereocenters. The monoisotopic (exact) mass is 538 g/mol. The van der Waals surface area contributed by atoms with Crippen molar-refractivity contribution in [2.45, 2.75) is 11.3 Å². The van der Waals surface area contributed by atoms with Crippen LogP contribution in [0.25, 0.3) is 11.3 Å². The standard InChI is InChI=1S/C26H20F2N4O5S/c1-38-26-32-22(23(37-26)14-2-4-15(27)5-3-14)25(34)30-16-6-7-21(19(28)10-16)36-18-8-9-29-20(11-18)24(33)31-17-12-35-13-17/h2-11,17H,12-13H2,1H3,(H,30,34)(H,31,33). The molecule has 0 bridgehead atoms. The van der Waals surface area contributed by atoms with E-state index in [4.69, 9.17) is 13.9 Å². The van der Waals surface area contributed by atoms with Crippen molar-refractivity contribution in [3.8, 4) is 22.8 Å². The van der Waals surface area contributed by atoms with Gasteiger partial charge < -0.3 is 24.5 Å². The van der Waals surface area contributed by atoms with E-state index >= 15 is 0 Å².